The summed E-state index contributed by atoms with van der Waals surface area (Å²) in [6, 6.07) is 23.1. The molecule has 7 nitrogen and oxygen atoms in total. The summed E-state index contributed by atoms with van der Waals surface area (Å²) >= 11 is 6.20. The molecule has 3 aromatic carbocycles. The van der Waals surface area contributed by atoms with Gasteiger partial charge in [-0.1, -0.05) is 48.0 Å². The lowest BCUT2D eigenvalue weighted by Crippen LogP contribution is -2.34. The number of benzene rings is 3. The van der Waals surface area contributed by atoms with E-state index in [0.29, 0.717) is 29.1 Å². The number of amides is 3. The second kappa shape index (κ2) is 10.2. The number of nitrogens with one attached hydrogen (secondary N) is 2. The summed E-state index contributed by atoms with van der Waals surface area (Å²) in [6.07, 6.45) is 0.525. The van der Waals surface area contributed by atoms with Crippen molar-refractivity contribution < 1.29 is 19.1 Å². The van der Waals surface area contributed by atoms with E-state index in [9.17, 15) is 14.4 Å². The number of methoxy groups -OCH3 is 1. The fraction of sp³-hybridized carbons (Fsp3) is 0.115. The number of ether oxygens (including phenoxy) is 1. The third-order valence-electron chi connectivity index (χ3n) is 5.32. The quantitative estimate of drug-likeness (QED) is 0.471. The molecule has 0 aliphatic carbocycles. The Hall–Kier alpha value is -4.10. The number of hydrogen-bond acceptors (Lipinski definition) is 5. The molecule has 8 heteroatoms. The van der Waals surface area contributed by atoms with E-state index in [0.717, 1.165) is 10.5 Å². The van der Waals surface area contributed by atoms with Crippen molar-refractivity contribution in [1.82, 2.24) is 4.90 Å². The van der Waals surface area contributed by atoms with Crippen LogP contribution in [0.15, 0.2) is 89.6 Å². The van der Waals surface area contributed by atoms with E-state index in [2.05, 4.69) is 10.6 Å². The first-order chi connectivity index (χ1) is 16.5. The molecule has 1 aliphatic rings. The molecule has 0 saturated carbocycles. The van der Waals surface area contributed by atoms with Gasteiger partial charge in [0, 0.05) is 23.5 Å². The Balaban J connectivity index is 1.43. The summed E-state index contributed by atoms with van der Waals surface area (Å²) in [4.78, 5) is 39.2. The third kappa shape index (κ3) is 5.10. The molecule has 0 aromatic heterocycles. The molecule has 0 radical (unpaired) electrons. The molecule has 0 saturated heterocycles. The summed E-state index contributed by atoms with van der Waals surface area (Å²) in [5.41, 5.74) is 2.45. The van der Waals surface area contributed by atoms with Crippen molar-refractivity contribution in [2.45, 2.75) is 6.42 Å². The highest BCUT2D eigenvalue weighted by molar-refractivity contribution is 6.48. The van der Waals surface area contributed by atoms with Crippen molar-refractivity contribution in [2.75, 3.05) is 24.3 Å². The Morgan fingerprint density at radius 3 is 2.35 bits per heavy atom. The topological polar surface area (TPSA) is 87.7 Å². The monoisotopic (exact) mass is 475 g/mol. The summed E-state index contributed by atoms with van der Waals surface area (Å²) < 4.78 is 5.12. The SMILES string of the molecule is COc1ccc(NC(=O)c2cccc(NC3=C(Cl)C(=O)N(CCc4ccccc4)C3=O)c2)cc1. The Morgan fingerprint density at radius 2 is 1.65 bits per heavy atom. The Morgan fingerprint density at radius 1 is 0.912 bits per heavy atom. The fourth-order valence-electron chi connectivity index (χ4n) is 3.50. The number of halogens is 1. The van der Waals surface area contributed by atoms with E-state index >= 15 is 0 Å². The van der Waals surface area contributed by atoms with Gasteiger partial charge in [0.2, 0.25) is 0 Å². The standard InChI is InChI=1S/C26H22ClN3O4/c1-34-21-12-10-19(11-13-21)29-24(31)18-8-5-9-20(16-18)28-23-22(27)25(32)30(26(23)33)15-14-17-6-3-2-4-7-17/h2-13,16,28H,14-15H2,1H3,(H,29,31). The van der Waals surface area contributed by atoms with Crippen molar-refractivity contribution in [2.24, 2.45) is 0 Å². The van der Waals surface area contributed by atoms with Gasteiger partial charge >= 0.3 is 0 Å². The van der Waals surface area contributed by atoms with Crippen LogP contribution in [0.1, 0.15) is 15.9 Å². The largest absolute Gasteiger partial charge is 0.497 e. The molecule has 0 fully saturated rings. The zero-order chi connectivity index (χ0) is 24.1. The van der Waals surface area contributed by atoms with Crippen LogP contribution in [0.4, 0.5) is 11.4 Å². The zero-order valence-corrected chi connectivity index (χ0v) is 19.1. The van der Waals surface area contributed by atoms with Gasteiger partial charge in [-0.15, -0.1) is 0 Å². The predicted molar refractivity (Wildman–Crippen MR) is 131 cm³/mol. The van der Waals surface area contributed by atoms with E-state index in [1.807, 2.05) is 30.3 Å². The predicted octanol–water partition coefficient (Wildman–Crippen LogP) is 4.42. The normalized spacial score (nSPS) is 13.3. The summed E-state index contributed by atoms with van der Waals surface area (Å²) in [5, 5.41) is 5.54. The highest BCUT2D eigenvalue weighted by Gasteiger charge is 2.37. The van der Waals surface area contributed by atoms with Crippen LogP contribution in [0.25, 0.3) is 0 Å². The summed E-state index contributed by atoms with van der Waals surface area (Å²) in [7, 11) is 1.57. The number of rotatable bonds is 8. The van der Waals surface area contributed by atoms with E-state index in [4.69, 9.17) is 16.3 Å². The van der Waals surface area contributed by atoms with Crippen LogP contribution in [-0.4, -0.2) is 36.3 Å². The molecule has 3 amide bonds. The Labute approximate surface area is 202 Å². The molecular formula is C26H22ClN3O4. The van der Waals surface area contributed by atoms with Crippen LogP contribution >= 0.6 is 11.6 Å². The van der Waals surface area contributed by atoms with E-state index < -0.39 is 11.8 Å². The number of nitrogens with zero attached hydrogens (tertiary/aromatic N) is 1. The van der Waals surface area contributed by atoms with E-state index in [1.54, 1.807) is 55.6 Å². The highest BCUT2D eigenvalue weighted by Crippen LogP contribution is 2.26. The summed E-state index contributed by atoms with van der Waals surface area (Å²) in [6.45, 7) is 0.216. The van der Waals surface area contributed by atoms with Crippen molar-refractivity contribution >= 4 is 40.7 Å². The zero-order valence-electron chi connectivity index (χ0n) is 18.4. The lowest BCUT2D eigenvalue weighted by atomic mass is 10.1. The van der Waals surface area contributed by atoms with Crippen LogP contribution in [-0.2, 0) is 16.0 Å². The number of imide groups is 1. The average Bonchev–Trinajstić information content (AvgIpc) is 3.06. The lowest BCUT2D eigenvalue weighted by molar-refractivity contribution is -0.137. The fourth-order valence-corrected chi connectivity index (χ4v) is 3.73. The molecule has 0 unspecified atom stereocenters. The maximum Gasteiger partial charge on any atom is 0.278 e. The van der Waals surface area contributed by atoms with Crippen molar-refractivity contribution in [3.63, 3.8) is 0 Å². The third-order valence-corrected chi connectivity index (χ3v) is 5.67. The molecule has 0 bridgehead atoms. The van der Waals surface area contributed by atoms with E-state index in [1.165, 1.54) is 0 Å². The Kier molecular flexibility index (Phi) is 6.94. The van der Waals surface area contributed by atoms with Crippen LogP contribution in [0, 0.1) is 0 Å². The first kappa shape index (κ1) is 23.1. The molecule has 3 aromatic rings. The minimum absolute atomic E-state index is 0.00700. The highest BCUT2D eigenvalue weighted by atomic mass is 35.5. The van der Waals surface area contributed by atoms with Gasteiger partial charge in [-0.25, -0.2) is 0 Å². The molecule has 0 atom stereocenters. The molecule has 1 aliphatic heterocycles. The van der Waals surface area contributed by atoms with Crippen LogP contribution in [0.3, 0.4) is 0 Å². The average molecular weight is 476 g/mol. The van der Waals surface area contributed by atoms with Gasteiger partial charge in [0.15, 0.2) is 0 Å². The second-order valence-electron chi connectivity index (χ2n) is 7.57. The van der Waals surface area contributed by atoms with Gasteiger partial charge in [-0.2, -0.15) is 0 Å². The number of carbonyl (C=O) groups excluding carboxylic acids is 3. The maximum atomic E-state index is 12.9. The minimum atomic E-state index is -0.543. The molecule has 0 spiro atoms. The molecule has 1 heterocycles. The van der Waals surface area contributed by atoms with Gasteiger partial charge in [0.25, 0.3) is 17.7 Å². The summed E-state index contributed by atoms with van der Waals surface area (Å²) in [5.74, 6) is -0.687. The van der Waals surface area contributed by atoms with Gasteiger partial charge in [0.1, 0.15) is 16.5 Å². The Bertz CT molecular complexity index is 1260. The van der Waals surface area contributed by atoms with E-state index in [-0.39, 0.29) is 23.2 Å². The van der Waals surface area contributed by atoms with Crippen molar-refractivity contribution in [1.29, 1.82) is 0 Å². The van der Waals surface area contributed by atoms with Gasteiger partial charge in [-0.05, 0) is 54.4 Å². The number of anilines is 2. The molecular weight excluding hydrogens is 454 g/mol. The lowest BCUT2D eigenvalue weighted by Gasteiger charge is -2.15. The maximum absolute atomic E-state index is 12.9. The number of hydrogen-bond donors (Lipinski definition) is 2. The smallest absolute Gasteiger partial charge is 0.278 e. The molecule has 34 heavy (non-hydrogen) atoms. The van der Waals surface area contributed by atoms with Gasteiger partial charge in [0.05, 0.1) is 7.11 Å². The first-order valence-corrected chi connectivity index (χ1v) is 11.0. The van der Waals surface area contributed by atoms with Crippen LogP contribution in [0.5, 0.6) is 5.75 Å². The molecule has 4 rings (SSSR count). The molecule has 2 N–H and O–H groups in total. The van der Waals surface area contributed by atoms with Crippen LogP contribution < -0.4 is 15.4 Å². The van der Waals surface area contributed by atoms with Crippen molar-refractivity contribution in [3.8, 4) is 5.75 Å². The van der Waals surface area contributed by atoms with Crippen molar-refractivity contribution in [3.05, 3.63) is 101 Å². The minimum Gasteiger partial charge on any atom is -0.497 e. The molecule has 172 valence electrons. The number of carbonyl (C=O) groups is 3. The van der Waals surface area contributed by atoms with Gasteiger partial charge in [-0.3, -0.25) is 19.3 Å². The second-order valence-corrected chi connectivity index (χ2v) is 7.95. The van der Waals surface area contributed by atoms with Gasteiger partial charge < -0.3 is 15.4 Å². The first-order valence-electron chi connectivity index (χ1n) is 10.6. The van der Waals surface area contributed by atoms with Crippen LogP contribution in [0.2, 0.25) is 0 Å².